The van der Waals surface area contributed by atoms with Crippen LogP contribution in [0.2, 0.25) is 0 Å². The van der Waals surface area contributed by atoms with E-state index in [2.05, 4.69) is 8.75 Å². The van der Waals surface area contributed by atoms with Crippen LogP contribution in [-0.2, 0) is 17.8 Å². The number of ketones is 1. The van der Waals surface area contributed by atoms with Gasteiger partial charge in [-0.05, 0) is 59.2 Å². The summed E-state index contributed by atoms with van der Waals surface area (Å²) in [6.07, 6.45) is 0.0846. The van der Waals surface area contributed by atoms with E-state index in [1.165, 1.54) is 0 Å². The van der Waals surface area contributed by atoms with Crippen LogP contribution >= 0.6 is 11.7 Å². The number of carbonyl (C=O) groups is 2. The van der Waals surface area contributed by atoms with Gasteiger partial charge in [0.15, 0.2) is 17.3 Å². The Kier molecular flexibility index (Phi) is 7.42. The standard InChI is InChI=1S/C32H24N2O6S/c35-31(23-9-13-28-29(18-23)39-15-14-38-28)25(30(32(36)37)22-8-12-26-27(17-22)34-41-33-26)16-20-6-10-24(11-7-20)40-19-21-4-2-1-3-5-21/h1-13,17-18H,14-16,19H2,(H,36,37)/b30-25+. The highest BCUT2D eigenvalue weighted by atomic mass is 32.1. The molecule has 0 radical (unpaired) electrons. The van der Waals surface area contributed by atoms with Crippen LogP contribution < -0.4 is 14.2 Å². The highest BCUT2D eigenvalue weighted by Crippen LogP contribution is 2.34. The lowest BCUT2D eigenvalue weighted by Crippen LogP contribution is -2.17. The van der Waals surface area contributed by atoms with Crippen molar-refractivity contribution in [2.75, 3.05) is 13.2 Å². The summed E-state index contributed by atoms with van der Waals surface area (Å²) in [6.45, 7) is 1.22. The molecule has 0 amide bonds. The summed E-state index contributed by atoms with van der Waals surface area (Å²) >= 11 is 1.04. The van der Waals surface area contributed by atoms with Gasteiger partial charge in [0.2, 0.25) is 0 Å². The average Bonchev–Trinajstić information content (AvgIpc) is 3.48. The number of ether oxygens (including phenoxy) is 3. The molecule has 0 aliphatic carbocycles. The fraction of sp³-hybridized carbons (Fsp3) is 0.125. The third-order valence-corrected chi connectivity index (χ3v) is 7.25. The second kappa shape index (κ2) is 11.6. The van der Waals surface area contributed by atoms with Crippen molar-refractivity contribution in [2.24, 2.45) is 0 Å². The van der Waals surface area contributed by atoms with Gasteiger partial charge in [0.1, 0.15) is 36.6 Å². The number of hydrogen-bond donors (Lipinski definition) is 1. The van der Waals surface area contributed by atoms with Crippen LogP contribution in [-0.4, -0.2) is 38.8 Å². The third-order valence-electron chi connectivity index (χ3n) is 6.69. The Balaban J connectivity index is 1.37. The molecule has 0 saturated carbocycles. The molecule has 0 saturated heterocycles. The van der Waals surface area contributed by atoms with Gasteiger partial charge in [-0.15, -0.1) is 0 Å². The minimum absolute atomic E-state index is 0.0846. The number of benzene rings is 4. The van der Waals surface area contributed by atoms with Gasteiger partial charge in [0, 0.05) is 17.6 Å². The van der Waals surface area contributed by atoms with Crippen molar-refractivity contribution in [1.82, 2.24) is 8.75 Å². The van der Waals surface area contributed by atoms with Crippen LogP contribution in [0.5, 0.6) is 17.2 Å². The van der Waals surface area contributed by atoms with Gasteiger partial charge in [-0.2, -0.15) is 8.75 Å². The van der Waals surface area contributed by atoms with E-state index in [0.717, 1.165) is 22.9 Å². The van der Waals surface area contributed by atoms with Crippen molar-refractivity contribution < 1.29 is 28.9 Å². The van der Waals surface area contributed by atoms with E-state index in [1.807, 2.05) is 54.6 Å². The van der Waals surface area contributed by atoms with Crippen LogP contribution in [0, 0.1) is 0 Å². The summed E-state index contributed by atoms with van der Waals surface area (Å²) in [7, 11) is 0. The minimum Gasteiger partial charge on any atom is -0.489 e. The van der Waals surface area contributed by atoms with Crippen LogP contribution in [0.1, 0.15) is 27.0 Å². The molecule has 2 heterocycles. The zero-order valence-corrected chi connectivity index (χ0v) is 22.6. The van der Waals surface area contributed by atoms with E-state index < -0.39 is 11.8 Å². The molecule has 5 aromatic rings. The Morgan fingerprint density at radius 2 is 1.51 bits per heavy atom. The van der Waals surface area contributed by atoms with E-state index in [9.17, 15) is 14.7 Å². The van der Waals surface area contributed by atoms with E-state index in [4.69, 9.17) is 14.2 Å². The van der Waals surface area contributed by atoms with Crippen molar-refractivity contribution >= 4 is 40.1 Å². The Hall–Kier alpha value is -5.02. The zero-order chi connectivity index (χ0) is 28.2. The molecule has 9 heteroatoms. The first-order valence-corrected chi connectivity index (χ1v) is 13.7. The molecule has 0 unspecified atom stereocenters. The zero-order valence-electron chi connectivity index (χ0n) is 21.8. The summed E-state index contributed by atoms with van der Waals surface area (Å²) < 4.78 is 25.6. The number of carbonyl (C=O) groups excluding carboxylic acids is 1. The molecule has 1 N–H and O–H groups in total. The summed E-state index contributed by atoms with van der Waals surface area (Å²) in [4.78, 5) is 26.8. The minimum atomic E-state index is -1.21. The molecular weight excluding hydrogens is 540 g/mol. The molecule has 1 aliphatic rings. The molecule has 1 aromatic heterocycles. The third kappa shape index (κ3) is 5.80. The number of rotatable bonds is 9. The van der Waals surface area contributed by atoms with Crippen molar-refractivity contribution in [3.63, 3.8) is 0 Å². The Labute approximate surface area is 239 Å². The predicted molar refractivity (Wildman–Crippen MR) is 155 cm³/mol. The first-order chi connectivity index (χ1) is 20.0. The van der Waals surface area contributed by atoms with Gasteiger partial charge in [0.05, 0.1) is 17.3 Å². The molecule has 41 heavy (non-hydrogen) atoms. The highest BCUT2D eigenvalue weighted by Gasteiger charge is 2.26. The van der Waals surface area contributed by atoms with Gasteiger partial charge >= 0.3 is 5.97 Å². The Bertz CT molecular complexity index is 1760. The number of Topliss-reactive ketones (excluding diaryl/α,β-unsaturated/α-hetero) is 1. The molecule has 0 atom stereocenters. The Morgan fingerprint density at radius 3 is 2.29 bits per heavy atom. The number of hydrogen-bond acceptors (Lipinski definition) is 8. The van der Waals surface area contributed by atoms with Gasteiger partial charge < -0.3 is 19.3 Å². The fourth-order valence-electron chi connectivity index (χ4n) is 4.65. The van der Waals surface area contributed by atoms with E-state index >= 15 is 0 Å². The van der Waals surface area contributed by atoms with Gasteiger partial charge in [0.25, 0.3) is 0 Å². The average molecular weight is 565 g/mol. The molecule has 1 aliphatic heterocycles. The largest absolute Gasteiger partial charge is 0.489 e. The van der Waals surface area contributed by atoms with Crippen molar-refractivity contribution in [3.05, 3.63) is 119 Å². The van der Waals surface area contributed by atoms with E-state index in [1.54, 1.807) is 36.4 Å². The number of aromatic nitrogens is 2. The first kappa shape index (κ1) is 26.2. The molecule has 0 bridgehead atoms. The molecule has 8 nitrogen and oxygen atoms in total. The highest BCUT2D eigenvalue weighted by molar-refractivity contribution is 7.00. The number of aliphatic carboxylic acids is 1. The van der Waals surface area contributed by atoms with E-state index in [-0.39, 0.29) is 17.6 Å². The lowest BCUT2D eigenvalue weighted by Gasteiger charge is -2.19. The van der Waals surface area contributed by atoms with Crippen molar-refractivity contribution in [3.8, 4) is 17.2 Å². The number of fused-ring (bicyclic) bond motifs is 2. The van der Waals surface area contributed by atoms with Crippen LogP contribution in [0.15, 0.2) is 96.6 Å². The quantitative estimate of drug-likeness (QED) is 0.171. The molecule has 0 fully saturated rings. The number of carboxylic acids is 1. The van der Waals surface area contributed by atoms with Gasteiger partial charge in [-0.3, -0.25) is 4.79 Å². The molecule has 4 aromatic carbocycles. The van der Waals surface area contributed by atoms with Crippen molar-refractivity contribution in [1.29, 1.82) is 0 Å². The van der Waals surface area contributed by atoms with Crippen LogP contribution in [0.3, 0.4) is 0 Å². The molecule has 6 rings (SSSR count). The fourth-order valence-corrected chi connectivity index (χ4v) is 5.17. The maximum Gasteiger partial charge on any atom is 0.336 e. The van der Waals surface area contributed by atoms with Gasteiger partial charge in [-0.1, -0.05) is 48.5 Å². The predicted octanol–water partition coefficient (Wildman–Crippen LogP) is 6.01. The van der Waals surface area contributed by atoms with Gasteiger partial charge in [-0.25, -0.2) is 4.79 Å². The smallest absolute Gasteiger partial charge is 0.336 e. The number of allylic oxidation sites excluding steroid dienone is 1. The topological polar surface area (TPSA) is 108 Å². The monoisotopic (exact) mass is 564 g/mol. The molecule has 0 spiro atoms. The summed E-state index contributed by atoms with van der Waals surface area (Å²) in [6, 6.07) is 27.1. The lowest BCUT2D eigenvalue weighted by atomic mass is 9.89. The summed E-state index contributed by atoms with van der Waals surface area (Å²) in [5.74, 6) is 0.0373. The second-order valence-corrected chi connectivity index (χ2v) is 9.94. The first-order valence-electron chi connectivity index (χ1n) is 12.9. The summed E-state index contributed by atoms with van der Waals surface area (Å²) in [5.41, 5.74) is 3.76. The normalized spacial score (nSPS) is 13.0. The molecule has 204 valence electrons. The lowest BCUT2D eigenvalue weighted by molar-refractivity contribution is -0.130. The molecular formula is C32H24N2O6S. The summed E-state index contributed by atoms with van der Waals surface area (Å²) in [5, 5.41) is 10.4. The number of carboxylic acid groups (broad SMARTS) is 1. The van der Waals surface area contributed by atoms with E-state index in [0.29, 0.717) is 59.2 Å². The van der Waals surface area contributed by atoms with Crippen molar-refractivity contribution in [2.45, 2.75) is 13.0 Å². The maximum absolute atomic E-state index is 14.0. The van der Waals surface area contributed by atoms with Crippen LogP contribution in [0.4, 0.5) is 0 Å². The maximum atomic E-state index is 14.0. The number of nitrogens with zero attached hydrogens (tertiary/aromatic N) is 2. The van der Waals surface area contributed by atoms with Crippen LogP contribution in [0.25, 0.3) is 16.6 Å². The second-order valence-electron chi connectivity index (χ2n) is 9.41. The Morgan fingerprint density at radius 1 is 0.780 bits per heavy atom. The SMILES string of the molecule is O=C(O)/C(=C(\Cc1ccc(OCc2ccccc2)cc1)C(=O)c1ccc2c(c1)OCCO2)c1ccc2nsnc2c1.